The van der Waals surface area contributed by atoms with Crippen LogP contribution in [0.1, 0.15) is 47.0 Å². The van der Waals surface area contributed by atoms with Gasteiger partial charge in [0, 0.05) is 26.1 Å². The van der Waals surface area contributed by atoms with Crippen LogP contribution in [0.3, 0.4) is 0 Å². The number of piperidine rings is 1. The third kappa shape index (κ3) is 5.65. The molecule has 0 saturated carbocycles. The molecule has 1 aliphatic rings. The highest BCUT2D eigenvalue weighted by molar-refractivity contribution is 5.88. The molecule has 2 N–H and O–H groups in total. The van der Waals surface area contributed by atoms with Crippen LogP contribution >= 0.6 is 0 Å². The van der Waals surface area contributed by atoms with Crippen molar-refractivity contribution >= 4 is 11.8 Å². The second kappa shape index (κ2) is 8.37. The summed E-state index contributed by atoms with van der Waals surface area (Å²) >= 11 is 0. The zero-order valence-corrected chi connectivity index (χ0v) is 13.8. The van der Waals surface area contributed by atoms with Crippen LogP contribution in [0.15, 0.2) is 0 Å². The number of hydrogen-bond donors (Lipinski definition) is 2. The Hall–Kier alpha value is -1.10. The molecular weight excluding hydrogens is 268 g/mol. The van der Waals surface area contributed by atoms with Gasteiger partial charge in [-0.25, -0.2) is 0 Å². The first-order valence-corrected chi connectivity index (χ1v) is 8.04. The topological polar surface area (TPSA) is 69.6 Å². The lowest BCUT2D eigenvalue weighted by molar-refractivity contribution is -0.139. The Balaban J connectivity index is 2.59. The summed E-state index contributed by atoms with van der Waals surface area (Å²) in [7, 11) is 0. The number of aliphatic hydroxyl groups excluding tert-OH is 1. The SMILES string of the molecule is CC(C)CC(=O)NC(C(=O)N1CCC(CO)CC1)C(C)C. The Morgan fingerprint density at radius 2 is 1.76 bits per heavy atom. The molecule has 0 aromatic carbocycles. The van der Waals surface area contributed by atoms with Gasteiger partial charge in [0.25, 0.3) is 0 Å². The lowest BCUT2D eigenvalue weighted by Gasteiger charge is -2.35. The first kappa shape index (κ1) is 18.0. The Labute approximate surface area is 128 Å². The predicted molar refractivity (Wildman–Crippen MR) is 82.6 cm³/mol. The molecule has 1 heterocycles. The third-order valence-electron chi connectivity index (χ3n) is 4.03. The zero-order chi connectivity index (χ0) is 16.0. The molecule has 5 nitrogen and oxygen atoms in total. The van der Waals surface area contributed by atoms with E-state index in [2.05, 4.69) is 5.32 Å². The molecule has 0 aromatic heterocycles. The van der Waals surface area contributed by atoms with Crippen molar-refractivity contribution in [2.24, 2.45) is 17.8 Å². The molecule has 1 fully saturated rings. The van der Waals surface area contributed by atoms with E-state index in [0.29, 0.717) is 25.4 Å². The smallest absolute Gasteiger partial charge is 0.245 e. The van der Waals surface area contributed by atoms with Gasteiger partial charge in [0.15, 0.2) is 0 Å². The van der Waals surface area contributed by atoms with Crippen molar-refractivity contribution in [2.45, 2.75) is 53.0 Å². The third-order valence-corrected chi connectivity index (χ3v) is 4.03. The molecule has 0 aliphatic carbocycles. The minimum absolute atomic E-state index is 0.0125. The zero-order valence-electron chi connectivity index (χ0n) is 13.8. The number of hydrogen-bond acceptors (Lipinski definition) is 3. The quantitative estimate of drug-likeness (QED) is 0.779. The number of likely N-dealkylation sites (tertiary alicyclic amines) is 1. The van der Waals surface area contributed by atoms with E-state index in [4.69, 9.17) is 5.11 Å². The lowest BCUT2D eigenvalue weighted by atomic mass is 9.95. The van der Waals surface area contributed by atoms with Crippen LogP contribution < -0.4 is 5.32 Å². The molecule has 5 heteroatoms. The van der Waals surface area contributed by atoms with Gasteiger partial charge in [-0.15, -0.1) is 0 Å². The Kier molecular flexibility index (Phi) is 7.15. The van der Waals surface area contributed by atoms with E-state index >= 15 is 0 Å². The molecule has 1 saturated heterocycles. The van der Waals surface area contributed by atoms with Gasteiger partial charge in [0.05, 0.1) is 0 Å². The number of nitrogens with one attached hydrogen (secondary N) is 1. The summed E-state index contributed by atoms with van der Waals surface area (Å²) in [5.41, 5.74) is 0. The summed E-state index contributed by atoms with van der Waals surface area (Å²) < 4.78 is 0. The van der Waals surface area contributed by atoms with Gasteiger partial charge in [-0.3, -0.25) is 9.59 Å². The van der Waals surface area contributed by atoms with Gasteiger partial charge in [-0.2, -0.15) is 0 Å². The maximum absolute atomic E-state index is 12.6. The average Bonchev–Trinajstić information content (AvgIpc) is 2.43. The monoisotopic (exact) mass is 298 g/mol. The minimum Gasteiger partial charge on any atom is -0.396 e. The van der Waals surface area contributed by atoms with E-state index in [1.54, 1.807) is 0 Å². The average molecular weight is 298 g/mol. The number of carbonyl (C=O) groups excluding carboxylic acids is 2. The lowest BCUT2D eigenvalue weighted by Crippen LogP contribution is -2.53. The maximum Gasteiger partial charge on any atom is 0.245 e. The first-order chi connectivity index (χ1) is 9.85. The van der Waals surface area contributed by atoms with Crippen LogP contribution in [0.4, 0.5) is 0 Å². The largest absolute Gasteiger partial charge is 0.396 e. The highest BCUT2D eigenvalue weighted by Gasteiger charge is 2.31. The number of rotatable bonds is 6. The van der Waals surface area contributed by atoms with Crippen molar-refractivity contribution in [1.29, 1.82) is 0 Å². The molecule has 1 atom stereocenters. The molecule has 0 spiro atoms. The number of carbonyl (C=O) groups is 2. The van der Waals surface area contributed by atoms with Crippen molar-refractivity contribution < 1.29 is 14.7 Å². The van der Waals surface area contributed by atoms with Crippen LogP contribution in [0.2, 0.25) is 0 Å². The second-order valence-corrected chi connectivity index (χ2v) is 6.84. The summed E-state index contributed by atoms with van der Waals surface area (Å²) in [6.07, 6.45) is 2.13. The van der Waals surface area contributed by atoms with E-state index in [-0.39, 0.29) is 30.3 Å². The Bertz CT molecular complexity index is 347. The van der Waals surface area contributed by atoms with Crippen molar-refractivity contribution in [1.82, 2.24) is 10.2 Å². The van der Waals surface area contributed by atoms with Crippen LogP contribution in [0.25, 0.3) is 0 Å². The normalized spacial score (nSPS) is 18.1. The molecule has 122 valence electrons. The second-order valence-electron chi connectivity index (χ2n) is 6.84. The minimum atomic E-state index is -0.443. The Morgan fingerprint density at radius 3 is 2.19 bits per heavy atom. The summed E-state index contributed by atoms with van der Waals surface area (Å²) in [6.45, 7) is 9.44. The van der Waals surface area contributed by atoms with Crippen LogP contribution in [-0.2, 0) is 9.59 Å². The van der Waals surface area contributed by atoms with Crippen LogP contribution in [0.5, 0.6) is 0 Å². The standard InChI is InChI=1S/C16H30N2O3/c1-11(2)9-14(20)17-15(12(3)4)16(21)18-7-5-13(10-19)6-8-18/h11-13,15,19H,5-10H2,1-4H3,(H,17,20). The van der Waals surface area contributed by atoms with Gasteiger partial charge in [0.2, 0.25) is 11.8 Å². The van der Waals surface area contributed by atoms with E-state index < -0.39 is 6.04 Å². The molecule has 0 bridgehead atoms. The molecular formula is C16H30N2O3. The van der Waals surface area contributed by atoms with Gasteiger partial charge in [-0.05, 0) is 30.6 Å². The van der Waals surface area contributed by atoms with Gasteiger partial charge >= 0.3 is 0 Å². The van der Waals surface area contributed by atoms with Crippen molar-refractivity contribution in [2.75, 3.05) is 19.7 Å². The van der Waals surface area contributed by atoms with Crippen LogP contribution in [0, 0.1) is 17.8 Å². The fourth-order valence-electron chi connectivity index (χ4n) is 2.65. The van der Waals surface area contributed by atoms with Crippen molar-refractivity contribution in [3.63, 3.8) is 0 Å². The Morgan fingerprint density at radius 1 is 1.19 bits per heavy atom. The number of amides is 2. The summed E-state index contributed by atoms with van der Waals surface area (Å²) in [4.78, 5) is 26.4. The van der Waals surface area contributed by atoms with E-state index in [1.165, 1.54) is 0 Å². The van der Waals surface area contributed by atoms with Gasteiger partial charge in [-0.1, -0.05) is 27.7 Å². The number of nitrogens with zero attached hydrogens (tertiary/aromatic N) is 1. The fraction of sp³-hybridized carbons (Fsp3) is 0.875. The highest BCUT2D eigenvalue weighted by atomic mass is 16.3. The molecule has 21 heavy (non-hydrogen) atoms. The molecule has 0 aromatic rings. The molecule has 1 rings (SSSR count). The van der Waals surface area contributed by atoms with E-state index in [0.717, 1.165) is 12.8 Å². The van der Waals surface area contributed by atoms with Crippen molar-refractivity contribution in [3.8, 4) is 0 Å². The molecule has 0 radical (unpaired) electrons. The van der Waals surface area contributed by atoms with Crippen LogP contribution in [-0.4, -0.2) is 47.6 Å². The molecule has 2 amide bonds. The highest BCUT2D eigenvalue weighted by Crippen LogP contribution is 2.18. The summed E-state index contributed by atoms with van der Waals surface area (Å²) in [5.74, 6) is 0.625. The molecule has 1 aliphatic heterocycles. The van der Waals surface area contributed by atoms with E-state index in [9.17, 15) is 9.59 Å². The fourth-order valence-corrected chi connectivity index (χ4v) is 2.65. The summed E-state index contributed by atoms with van der Waals surface area (Å²) in [5, 5.41) is 12.0. The summed E-state index contributed by atoms with van der Waals surface area (Å²) in [6, 6.07) is -0.443. The molecule has 1 unspecified atom stereocenters. The van der Waals surface area contributed by atoms with E-state index in [1.807, 2.05) is 32.6 Å². The van der Waals surface area contributed by atoms with Gasteiger partial charge in [0.1, 0.15) is 6.04 Å². The number of aliphatic hydroxyl groups is 1. The first-order valence-electron chi connectivity index (χ1n) is 8.04. The van der Waals surface area contributed by atoms with Gasteiger partial charge < -0.3 is 15.3 Å². The van der Waals surface area contributed by atoms with Crippen molar-refractivity contribution in [3.05, 3.63) is 0 Å². The maximum atomic E-state index is 12.6. The predicted octanol–water partition coefficient (Wildman–Crippen LogP) is 1.40.